The molecule has 6 nitrogen and oxygen atoms in total. The molecule has 20 heavy (non-hydrogen) atoms. The minimum absolute atomic E-state index is 0.531. The van der Waals surface area contributed by atoms with Crippen molar-refractivity contribution in [2.45, 2.75) is 6.54 Å². The Labute approximate surface area is 116 Å². The smallest absolute Gasteiger partial charge is 0.163 e. The molecule has 0 saturated carbocycles. The lowest BCUT2D eigenvalue weighted by molar-refractivity contribution is 0.280. The number of ether oxygens (including phenoxy) is 2. The van der Waals surface area contributed by atoms with Crippen molar-refractivity contribution < 1.29 is 9.47 Å². The van der Waals surface area contributed by atoms with Gasteiger partial charge in [-0.2, -0.15) is 0 Å². The third-order valence-electron chi connectivity index (χ3n) is 2.96. The first-order valence-corrected chi connectivity index (χ1v) is 6.23. The first-order chi connectivity index (χ1) is 9.86. The standard InChI is InChI=1S/C14H14N4O2/c1-19-13-6-11-8-16-9-17-12(11)7-14(13)20-5-4-18-3-2-15-10-18/h2-3,6-10H,4-5H2,1H3. The highest BCUT2D eigenvalue weighted by atomic mass is 16.5. The first-order valence-electron chi connectivity index (χ1n) is 6.23. The minimum atomic E-state index is 0.531. The molecule has 0 fully saturated rings. The van der Waals surface area contributed by atoms with Gasteiger partial charge in [-0.05, 0) is 6.07 Å². The van der Waals surface area contributed by atoms with Crippen LogP contribution in [-0.2, 0) is 6.54 Å². The van der Waals surface area contributed by atoms with Crippen LogP contribution in [0.4, 0.5) is 0 Å². The average Bonchev–Trinajstić information content (AvgIpc) is 3.00. The molecule has 0 unspecified atom stereocenters. The lowest BCUT2D eigenvalue weighted by atomic mass is 10.2. The van der Waals surface area contributed by atoms with Crippen molar-refractivity contribution in [3.05, 3.63) is 43.4 Å². The summed E-state index contributed by atoms with van der Waals surface area (Å²) in [6, 6.07) is 3.74. The van der Waals surface area contributed by atoms with Crippen molar-refractivity contribution in [2.75, 3.05) is 13.7 Å². The van der Waals surface area contributed by atoms with Gasteiger partial charge >= 0.3 is 0 Å². The van der Waals surface area contributed by atoms with Gasteiger partial charge in [-0.25, -0.2) is 15.0 Å². The molecule has 0 amide bonds. The molecular formula is C14H14N4O2. The monoisotopic (exact) mass is 270 g/mol. The number of imidazole rings is 1. The van der Waals surface area contributed by atoms with E-state index in [4.69, 9.17) is 9.47 Å². The number of nitrogens with zero attached hydrogens (tertiary/aromatic N) is 4. The summed E-state index contributed by atoms with van der Waals surface area (Å²) in [5.41, 5.74) is 0.832. The molecule has 0 saturated heterocycles. The van der Waals surface area contributed by atoms with Crippen LogP contribution in [0.15, 0.2) is 43.4 Å². The number of rotatable bonds is 5. The fraction of sp³-hybridized carbons (Fsp3) is 0.214. The molecule has 3 rings (SSSR count). The summed E-state index contributed by atoms with van der Waals surface area (Å²) in [4.78, 5) is 12.2. The number of fused-ring (bicyclic) bond motifs is 1. The van der Waals surface area contributed by atoms with Gasteiger partial charge in [-0.15, -0.1) is 0 Å². The van der Waals surface area contributed by atoms with Gasteiger partial charge < -0.3 is 14.0 Å². The molecule has 0 aliphatic carbocycles. The van der Waals surface area contributed by atoms with Gasteiger partial charge in [0.15, 0.2) is 11.5 Å². The zero-order valence-electron chi connectivity index (χ0n) is 11.1. The quantitative estimate of drug-likeness (QED) is 0.708. The average molecular weight is 270 g/mol. The van der Waals surface area contributed by atoms with Gasteiger partial charge in [0, 0.05) is 30.0 Å². The largest absolute Gasteiger partial charge is 0.493 e. The van der Waals surface area contributed by atoms with Gasteiger partial charge in [0.1, 0.15) is 12.9 Å². The molecular weight excluding hydrogens is 256 g/mol. The summed E-state index contributed by atoms with van der Waals surface area (Å²) in [6.45, 7) is 1.26. The second-order valence-corrected chi connectivity index (χ2v) is 4.23. The van der Waals surface area contributed by atoms with Crippen LogP contribution in [0.3, 0.4) is 0 Å². The van der Waals surface area contributed by atoms with Crippen LogP contribution in [0.2, 0.25) is 0 Å². The van der Waals surface area contributed by atoms with E-state index in [1.54, 1.807) is 25.8 Å². The molecule has 2 aromatic heterocycles. The number of hydrogen-bond acceptors (Lipinski definition) is 5. The predicted octanol–water partition coefficient (Wildman–Crippen LogP) is 1.91. The number of methoxy groups -OCH3 is 1. The first kappa shape index (κ1) is 12.4. The molecule has 0 radical (unpaired) electrons. The highest BCUT2D eigenvalue weighted by molar-refractivity contribution is 5.81. The molecule has 0 bridgehead atoms. The van der Waals surface area contributed by atoms with Gasteiger partial charge in [-0.1, -0.05) is 0 Å². The summed E-state index contributed by atoms with van der Waals surface area (Å²) in [5.74, 6) is 1.36. The van der Waals surface area contributed by atoms with Crippen molar-refractivity contribution >= 4 is 10.9 Å². The highest BCUT2D eigenvalue weighted by Gasteiger charge is 2.07. The lowest BCUT2D eigenvalue weighted by Gasteiger charge is -2.11. The van der Waals surface area contributed by atoms with E-state index in [1.807, 2.05) is 22.9 Å². The Morgan fingerprint density at radius 1 is 1.20 bits per heavy atom. The third kappa shape index (κ3) is 2.54. The van der Waals surface area contributed by atoms with Gasteiger partial charge in [0.25, 0.3) is 0 Å². The Bertz CT molecular complexity index is 697. The van der Waals surface area contributed by atoms with Crippen molar-refractivity contribution in [3.63, 3.8) is 0 Å². The van der Waals surface area contributed by atoms with Crippen molar-refractivity contribution in [1.82, 2.24) is 19.5 Å². The lowest BCUT2D eigenvalue weighted by Crippen LogP contribution is -2.07. The molecule has 6 heteroatoms. The van der Waals surface area contributed by atoms with Gasteiger partial charge in [0.05, 0.1) is 25.5 Å². The maximum absolute atomic E-state index is 5.78. The van der Waals surface area contributed by atoms with Crippen molar-refractivity contribution in [1.29, 1.82) is 0 Å². The Kier molecular flexibility index (Phi) is 3.45. The van der Waals surface area contributed by atoms with E-state index in [-0.39, 0.29) is 0 Å². The Morgan fingerprint density at radius 2 is 2.15 bits per heavy atom. The molecule has 0 atom stereocenters. The van der Waals surface area contributed by atoms with Crippen LogP contribution in [0.25, 0.3) is 10.9 Å². The molecule has 102 valence electrons. The fourth-order valence-electron chi connectivity index (χ4n) is 1.94. The SMILES string of the molecule is COc1cc2cncnc2cc1OCCn1ccnc1. The van der Waals surface area contributed by atoms with E-state index in [0.29, 0.717) is 18.1 Å². The van der Waals surface area contributed by atoms with Crippen LogP contribution in [0.5, 0.6) is 11.5 Å². The van der Waals surface area contributed by atoms with Crippen molar-refractivity contribution in [3.8, 4) is 11.5 Å². The van der Waals surface area contributed by atoms with E-state index in [1.165, 1.54) is 6.33 Å². The van der Waals surface area contributed by atoms with Crippen LogP contribution >= 0.6 is 0 Å². The van der Waals surface area contributed by atoms with E-state index in [9.17, 15) is 0 Å². The summed E-state index contributed by atoms with van der Waals surface area (Å²) in [7, 11) is 1.62. The second kappa shape index (κ2) is 5.56. The summed E-state index contributed by atoms with van der Waals surface area (Å²) in [6.07, 6.45) is 8.67. The summed E-state index contributed by atoms with van der Waals surface area (Å²) < 4.78 is 13.1. The molecule has 1 aromatic carbocycles. The van der Waals surface area contributed by atoms with Crippen LogP contribution in [0.1, 0.15) is 0 Å². The number of hydrogen-bond donors (Lipinski definition) is 0. The molecule has 2 heterocycles. The molecule has 3 aromatic rings. The fourth-order valence-corrected chi connectivity index (χ4v) is 1.94. The van der Waals surface area contributed by atoms with E-state index >= 15 is 0 Å². The van der Waals surface area contributed by atoms with Gasteiger partial charge in [0.2, 0.25) is 0 Å². The Balaban J connectivity index is 1.78. The van der Waals surface area contributed by atoms with Crippen molar-refractivity contribution in [2.24, 2.45) is 0 Å². The van der Waals surface area contributed by atoms with Crippen LogP contribution in [0, 0.1) is 0 Å². The zero-order valence-corrected chi connectivity index (χ0v) is 11.1. The van der Waals surface area contributed by atoms with Gasteiger partial charge in [-0.3, -0.25) is 0 Å². The Hall–Kier alpha value is -2.63. The molecule has 0 spiro atoms. The minimum Gasteiger partial charge on any atom is -0.493 e. The van der Waals surface area contributed by atoms with E-state index in [0.717, 1.165) is 17.4 Å². The molecule has 0 aliphatic rings. The third-order valence-corrected chi connectivity index (χ3v) is 2.96. The summed E-state index contributed by atoms with van der Waals surface area (Å²) in [5, 5.41) is 0.923. The second-order valence-electron chi connectivity index (χ2n) is 4.23. The topological polar surface area (TPSA) is 62.1 Å². The van der Waals surface area contributed by atoms with E-state index in [2.05, 4.69) is 15.0 Å². The Morgan fingerprint density at radius 3 is 2.95 bits per heavy atom. The molecule has 0 N–H and O–H groups in total. The van der Waals surface area contributed by atoms with Crippen LogP contribution in [-0.4, -0.2) is 33.2 Å². The predicted molar refractivity (Wildman–Crippen MR) is 73.8 cm³/mol. The number of benzene rings is 1. The maximum Gasteiger partial charge on any atom is 0.163 e. The highest BCUT2D eigenvalue weighted by Crippen LogP contribution is 2.31. The number of aromatic nitrogens is 4. The summed E-state index contributed by atoms with van der Waals surface area (Å²) >= 11 is 0. The normalized spacial score (nSPS) is 10.7. The molecule has 0 aliphatic heterocycles. The van der Waals surface area contributed by atoms with E-state index < -0.39 is 0 Å². The van der Waals surface area contributed by atoms with Crippen LogP contribution < -0.4 is 9.47 Å². The maximum atomic E-state index is 5.78. The zero-order chi connectivity index (χ0) is 13.8.